The predicted molar refractivity (Wildman–Crippen MR) is 85.9 cm³/mol. The highest BCUT2D eigenvalue weighted by molar-refractivity contribution is 5.90. The second-order valence-corrected chi connectivity index (χ2v) is 5.45. The number of ether oxygens (including phenoxy) is 1. The van der Waals surface area contributed by atoms with E-state index in [9.17, 15) is 14.4 Å². The summed E-state index contributed by atoms with van der Waals surface area (Å²) in [6, 6.07) is 5.39. The Kier molecular flexibility index (Phi) is 5.67. The quantitative estimate of drug-likeness (QED) is 0.420. The van der Waals surface area contributed by atoms with Gasteiger partial charge in [-0.3, -0.25) is 9.59 Å². The van der Waals surface area contributed by atoms with Crippen molar-refractivity contribution in [2.24, 2.45) is 11.5 Å². The molecule has 0 aliphatic carbocycles. The Balaban J connectivity index is 1.88. The normalized spacial score (nSPS) is 13.4. The summed E-state index contributed by atoms with van der Waals surface area (Å²) in [5.41, 5.74) is 12.8. The van der Waals surface area contributed by atoms with E-state index in [0.29, 0.717) is 0 Å². The first-order valence-electron chi connectivity index (χ1n) is 7.42. The zero-order valence-electron chi connectivity index (χ0n) is 12.9. The van der Waals surface area contributed by atoms with E-state index < -0.39 is 30.0 Å². The molecule has 0 unspecified atom stereocenters. The van der Waals surface area contributed by atoms with Crippen LogP contribution < -0.4 is 11.5 Å². The molecule has 2 aromatic rings. The van der Waals surface area contributed by atoms with E-state index in [1.54, 1.807) is 6.20 Å². The number of benzene rings is 1. The lowest BCUT2D eigenvalue weighted by Crippen LogP contribution is -2.36. The molecule has 6 N–H and O–H groups in total. The maximum Gasteiger partial charge on any atom is 0.330 e. The summed E-state index contributed by atoms with van der Waals surface area (Å²) in [5, 5.41) is 9.57. The van der Waals surface area contributed by atoms with Crippen LogP contribution in [0.1, 0.15) is 18.4 Å². The number of carboxylic acids is 1. The molecular formula is C16H19N3O5. The lowest BCUT2D eigenvalue weighted by molar-refractivity contribution is -0.160. The number of aliphatic carboxylic acids is 1. The predicted octanol–water partition coefficient (Wildman–Crippen LogP) is 0.300. The summed E-state index contributed by atoms with van der Waals surface area (Å²) < 4.78 is 4.64. The number of para-hydroxylation sites is 1. The molecule has 0 aliphatic heterocycles. The highest BCUT2D eigenvalue weighted by atomic mass is 16.6. The van der Waals surface area contributed by atoms with Crippen LogP contribution in [0.5, 0.6) is 0 Å². The van der Waals surface area contributed by atoms with Crippen molar-refractivity contribution in [2.75, 3.05) is 0 Å². The van der Waals surface area contributed by atoms with Crippen LogP contribution in [0.4, 0.5) is 0 Å². The molecule has 0 radical (unpaired) electrons. The van der Waals surface area contributed by atoms with Gasteiger partial charge in [0.25, 0.3) is 0 Å². The Hall–Kier alpha value is -2.71. The van der Waals surface area contributed by atoms with Gasteiger partial charge >= 0.3 is 17.9 Å². The number of nitrogens with two attached hydrogens (primary N) is 2. The molecule has 1 heterocycles. The van der Waals surface area contributed by atoms with Gasteiger partial charge in [0, 0.05) is 29.9 Å². The third-order valence-corrected chi connectivity index (χ3v) is 3.61. The van der Waals surface area contributed by atoms with Gasteiger partial charge in [0.15, 0.2) is 0 Å². The first kappa shape index (κ1) is 17.6. The van der Waals surface area contributed by atoms with Crippen LogP contribution in [0.2, 0.25) is 0 Å². The Labute approximate surface area is 137 Å². The lowest BCUT2D eigenvalue weighted by Gasteiger charge is -2.10. The molecule has 0 aliphatic rings. The highest BCUT2D eigenvalue weighted by Gasteiger charge is 2.22. The smallest absolute Gasteiger partial charge is 0.330 e. The van der Waals surface area contributed by atoms with Gasteiger partial charge in [-0.2, -0.15) is 0 Å². The zero-order valence-corrected chi connectivity index (χ0v) is 12.9. The van der Waals surface area contributed by atoms with Gasteiger partial charge in [-0.25, -0.2) is 4.79 Å². The number of fused-ring (bicyclic) bond motifs is 1. The topological polar surface area (TPSA) is 148 Å². The maximum atomic E-state index is 11.9. The van der Waals surface area contributed by atoms with Crippen LogP contribution in [0.15, 0.2) is 30.5 Å². The van der Waals surface area contributed by atoms with E-state index >= 15 is 0 Å². The second kappa shape index (κ2) is 7.71. The minimum absolute atomic E-state index is 0.112. The molecule has 8 nitrogen and oxygen atoms in total. The van der Waals surface area contributed by atoms with Gasteiger partial charge in [-0.15, -0.1) is 0 Å². The van der Waals surface area contributed by atoms with Gasteiger partial charge in [-0.05, 0) is 18.1 Å². The van der Waals surface area contributed by atoms with Crippen LogP contribution in [-0.4, -0.2) is 40.1 Å². The molecule has 0 spiro atoms. The summed E-state index contributed by atoms with van der Waals surface area (Å²) >= 11 is 0. The van der Waals surface area contributed by atoms with Crippen LogP contribution in [0.25, 0.3) is 10.9 Å². The van der Waals surface area contributed by atoms with E-state index in [1.807, 2.05) is 24.3 Å². The summed E-state index contributed by atoms with van der Waals surface area (Å²) in [6.45, 7) is 0. The van der Waals surface area contributed by atoms with E-state index in [2.05, 4.69) is 9.72 Å². The van der Waals surface area contributed by atoms with Crippen molar-refractivity contribution in [1.29, 1.82) is 0 Å². The molecule has 1 aromatic carbocycles. The van der Waals surface area contributed by atoms with Gasteiger partial charge in [-0.1, -0.05) is 18.2 Å². The van der Waals surface area contributed by atoms with E-state index in [1.165, 1.54) is 0 Å². The second-order valence-electron chi connectivity index (χ2n) is 5.45. The molecule has 0 saturated carbocycles. The molecule has 0 bridgehead atoms. The summed E-state index contributed by atoms with van der Waals surface area (Å²) in [6.07, 6.45) is 1.59. The molecule has 24 heavy (non-hydrogen) atoms. The standard InChI is InChI=1S/C16H19N3O5/c17-11(15(21)22)5-6-14(20)24-16(23)12(18)7-9-8-19-13-4-2-1-3-10(9)13/h1-4,8,11-12,19H,5-7,17-18H2,(H,21,22)/t11-,12-/m0/s1. The monoisotopic (exact) mass is 333 g/mol. The average Bonchev–Trinajstić information content (AvgIpc) is 2.95. The number of rotatable bonds is 7. The molecule has 1 aromatic heterocycles. The number of aromatic amines is 1. The Morgan fingerprint density at radius 1 is 1.17 bits per heavy atom. The number of carbonyl (C=O) groups is 3. The van der Waals surface area contributed by atoms with E-state index in [-0.39, 0.29) is 19.3 Å². The minimum Gasteiger partial charge on any atom is -0.480 e. The fraction of sp³-hybridized carbons (Fsp3) is 0.312. The Morgan fingerprint density at radius 2 is 1.88 bits per heavy atom. The molecular weight excluding hydrogens is 314 g/mol. The fourth-order valence-corrected chi connectivity index (χ4v) is 2.26. The third-order valence-electron chi connectivity index (χ3n) is 3.61. The van der Waals surface area contributed by atoms with E-state index in [0.717, 1.165) is 16.5 Å². The number of hydrogen-bond donors (Lipinski definition) is 4. The highest BCUT2D eigenvalue weighted by Crippen LogP contribution is 2.19. The summed E-state index contributed by atoms with van der Waals surface area (Å²) in [4.78, 5) is 37.0. The van der Waals surface area contributed by atoms with Crippen molar-refractivity contribution in [1.82, 2.24) is 4.98 Å². The first-order valence-corrected chi connectivity index (χ1v) is 7.42. The fourth-order valence-electron chi connectivity index (χ4n) is 2.26. The molecule has 0 saturated heterocycles. The van der Waals surface area contributed by atoms with Crippen molar-refractivity contribution in [2.45, 2.75) is 31.3 Å². The Morgan fingerprint density at radius 3 is 2.58 bits per heavy atom. The van der Waals surface area contributed by atoms with Crippen molar-refractivity contribution in [3.05, 3.63) is 36.0 Å². The van der Waals surface area contributed by atoms with Gasteiger partial charge in [0.05, 0.1) is 0 Å². The number of carbonyl (C=O) groups excluding carboxylic acids is 2. The van der Waals surface area contributed by atoms with Crippen LogP contribution >= 0.6 is 0 Å². The summed E-state index contributed by atoms with van der Waals surface area (Å²) in [7, 11) is 0. The number of carboxylic acid groups (broad SMARTS) is 1. The number of H-pyrrole nitrogens is 1. The molecule has 0 amide bonds. The minimum atomic E-state index is -1.22. The van der Waals surface area contributed by atoms with Gasteiger partial charge < -0.3 is 26.3 Å². The van der Waals surface area contributed by atoms with Crippen molar-refractivity contribution in [3.63, 3.8) is 0 Å². The number of nitrogens with one attached hydrogen (secondary N) is 1. The zero-order chi connectivity index (χ0) is 17.7. The number of hydrogen-bond acceptors (Lipinski definition) is 6. The van der Waals surface area contributed by atoms with Crippen molar-refractivity contribution in [3.8, 4) is 0 Å². The largest absolute Gasteiger partial charge is 0.480 e. The van der Waals surface area contributed by atoms with E-state index in [4.69, 9.17) is 16.6 Å². The molecule has 2 atom stereocenters. The molecule has 8 heteroatoms. The summed E-state index contributed by atoms with van der Waals surface area (Å²) in [5.74, 6) is -2.91. The SMILES string of the molecule is N[C@@H](CCC(=O)OC(=O)[C@@H](N)Cc1c[nH]c2ccccc12)C(=O)O. The lowest BCUT2D eigenvalue weighted by atomic mass is 10.1. The molecule has 2 rings (SSSR count). The van der Waals surface area contributed by atoms with Gasteiger partial charge in [0.2, 0.25) is 0 Å². The number of aromatic nitrogens is 1. The number of esters is 2. The first-order chi connectivity index (χ1) is 11.4. The van der Waals surface area contributed by atoms with Crippen LogP contribution in [0.3, 0.4) is 0 Å². The van der Waals surface area contributed by atoms with Gasteiger partial charge in [0.1, 0.15) is 12.1 Å². The Bertz CT molecular complexity index is 755. The van der Waals surface area contributed by atoms with Crippen molar-refractivity contribution >= 4 is 28.8 Å². The van der Waals surface area contributed by atoms with Crippen LogP contribution in [-0.2, 0) is 25.5 Å². The molecule has 128 valence electrons. The molecule has 0 fully saturated rings. The average molecular weight is 333 g/mol. The van der Waals surface area contributed by atoms with Crippen molar-refractivity contribution < 1.29 is 24.2 Å². The third kappa shape index (κ3) is 4.40. The maximum absolute atomic E-state index is 11.9. The van der Waals surface area contributed by atoms with Crippen LogP contribution in [0, 0.1) is 0 Å².